The van der Waals surface area contributed by atoms with Gasteiger partial charge in [0.1, 0.15) is 0 Å². The third kappa shape index (κ3) is 2.66. The molecule has 3 rings (SSSR count). The first-order valence-corrected chi connectivity index (χ1v) is 8.46. The van der Waals surface area contributed by atoms with Gasteiger partial charge in [0.15, 0.2) is 0 Å². The van der Waals surface area contributed by atoms with Crippen LogP contribution in [0.4, 0.5) is 5.69 Å². The van der Waals surface area contributed by atoms with Gasteiger partial charge in [0.05, 0.1) is 5.88 Å². The second-order valence-corrected chi connectivity index (χ2v) is 6.69. The van der Waals surface area contributed by atoms with Crippen molar-refractivity contribution in [1.82, 2.24) is 4.90 Å². The van der Waals surface area contributed by atoms with E-state index >= 15 is 0 Å². The van der Waals surface area contributed by atoms with E-state index in [1.165, 1.54) is 31.5 Å². The number of hydrogen-bond donors (Lipinski definition) is 0. The molecule has 2 heterocycles. The Balaban J connectivity index is 1.88. The van der Waals surface area contributed by atoms with Crippen LogP contribution in [0.5, 0.6) is 0 Å². The normalized spacial score (nSPS) is 27.4. The fourth-order valence-electron chi connectivity index (χ4n) is 3.64. The van der Waals surface area contributed by atoms with E-state index in [4.69, 9.17) is 23.2 Å². The Morgan fingerprint density at radius 1 is 1.25 bits per heavy atom. The molecule has 0 aliphatic carbocycles. The molecule has 2 unspecified atom stereocenters. The summed E-state index contributed by atoms with van der Waals surface area (Å²) in [5, 5.41) is 0.788. The number of piperidine rings is 1. The molecule has 2 saturated heterocycles. The topological polar surface area (TPSA) is 6.48 Å². The molecule has 2 aliphatic rings. The number of piperazine rings is 1. The van der Waals surface area contributed by atoms with Crippen LogP contribution in [0.25, 0.3) is 0 Å². The first-order valence-electron chi connectivity index (χ1n) is 7.54. The molecule has 0 saturated carbocycles. The van der Waals surface area contributed by atoms with Crippen LogP contribution in [0.15, 0.2) is 18.2 Å². The first kappa shape index (κ1) is 14.5. The van der Waals surface area contributed by atoms with Gasteiger partial charge in [-0.1, -0.05) is 24.1 Å². The summed E-state index contributed by atoms with van der Waals surface area (Å²) in [4.78, 5) is 5.17. The van der Waals surface area contributed by atoms with Crippen LogP contribution in [-0.4, -0.2) is 36.6 Å². The van der Waals surface area contributed by atoms with Gasteiger partial charge in [-0.05, 0) is 38.4 Å². The van der Waals surface area contributed by atoms with Crippen LogP contribution in [0.2, 0.25) is 5.02 Å². The highest BCUT2D eigenvalue weighted by atomic mass is 35.5. The monoisotopic (exact) mass is 312 g/mol. The number of anilines is 1. The number of fused-ring (bicyclic) bond motifs is 1. The van der Waals surface area contributed by atoms with Crippen molar-refractivity contribution in [1.29, 1.82) is 0 Å². The van der Waals surface area contributed by atoms with Crippen molar-refractivity contribution < 1.29 is 0 Å². The quantitative estimate of drug-likeness (QED) is 0.757. The van der Waals surface area contributed by atoms with Gasteiger partial charge in [0, 0.05) is 41.4 Å². The molecule has 4 heteroatoms. The molecule has 0 radical (unpaired) electrons. The molecular formula is C16H22Cl2N2. The van der Waals surface area contributed by atoms with Crippen LogP contribution in [-0.2, 0) is 5.88 Å². The number of alkyl halides is 1. The van der Waals surface area contributed by atoms with Crippen molar-refractivity contribution in [2.75, 3.05) is 24.5 Å². The summed E-state index contributed by atoms with van der Waals surface area (Å²) in [5.74, 6) is 0.479. The lowest BCUT2D eigenvalue weighted by Crippen LogP contribution is -2.59. The molecule has 2 nitrogen and oxygen atoms in total. The molecule has 1 aromatic rings. The zero-order chi connectivity index (χ0) is 14.1. The van der Waals surface area contributed by atoms with E-state index in [1.54, 1.807) is 0 Å². The summed E-state index contributed by atoms with van der Waals surface area (Å²) in [7, 11) is 0. The van der Waals surface area contributed by atoms with E-state index in [0.717, 1.165) is 23.7 Å². The lowest BCUT2D eigenvalue weighted by atomic mass is 9.96. The Bertz CT molecular complexity index is 478. The highest BCUT2D eigenvalue weighted by Crippen LogP contribution is 2.34. The zero-order valence-electron chi connectivity index (χ0n) is 12.0. The van der Waals surface area contributed by atoms with Gasteiger partial charge in [-0.2, -0.15) is 0 Å². The maximum absolute atomic E-state index is 6.31. The number of halogens is 2. The van der Waals surface area contributed by atoms with Crippen LogP contribution < -0.4 is 4.90 Å². The minimum Gasteiger partial charge on any atom is -0.366 e. The zero-order valence-corrected chi connectivity index (χ0v) is 13.5. The maximum Gasteiger partial charge on any atom is 0.0509 e. The number of nitrogens with zero attached hydrogens (tertiary/aromatic N) is 2. The standard InChI is InChI=1S/C16H22Cl2N2/c1-12-10-19-8-3-2-5-13(19)11-20(12)16-7-4-6-15(18)14(16)9-17/h4,6-7,12-13H,2-3,5,8-11H2,1H3. The molecule has 1 aromatic carbocycles. The summed E-state index contributed by atoms with van der Waals surface area (Å²) in [6, 6.07) is 7.35. The lowest BCUT2D eigenvalue weighted by molar-refractivity contribution is 0.115. The summed E-state index contributed by atoms with van der Waals surface area (Å²) in [6.07, 6.45) is 4.04. The van der Waals surface area contributed by atoms with Crippen molar-refractivity contribution in [3.63, 3.8) is 0 Å². The third-order valence-corrected chi connectivity index (χ3v) is 5.35. The van der Waals surface area contributed by atoms with Crippen LogP contribution >= 0.6 is 23.2 Å². The van der Waals surface area contributed by atoms with Gasteiger partial charge in [0.2, 0.25) is 0 Å². The van der Waals surface area contributed by atoms with Crippen molar-refractivity contribution in [3.8, 4) is 0 Å². The van der Waals surface area contributed by atoms with Crippen LogP contribution in [0.3, 0.4) is 0 Å². The molecule has 2 atom stereocenters. The van der Waals surface area contributed by atoms with E-state index in [0.29, 0.717) is 18.0 Å². The van der Waals surface area contributed by atoms with Crippen molar-refractivity contribution in [2.24, 2.45) is 0 Å². The molecule has 0 amide bonds. The highest BCUT2D eigenvalue weighted by molar-refractivity contribution is 6.32. The Labute approximate surface area is 131 Å². The SMILES string of the molecule is CC1CN2CCCCC2CN1c1cccc(Cl)c1CCl. The molecule has 0 bridgehead atoms. The highest BCUT2D eigenvalue weighted by Gasteiger charge is 2.33. The van der Waals surface area contributed by atoms with Gasteiger partial charge < -0.3 is 4.90 Å². The molecule has 20 heavy (non-hydrogen) atoms. The molecule has 0 N–H and O–H groups in total. The van der Waals surface area contributed by atoms with E-state index in [9.17, 15) is 0 Å². The minimum absolute atomic E-state index is 0.479. The second-order valence-electron chi connectivity index (χ2n) is 6.02. The summed E-state index contributed by atoms with van der Waals surface area (Å²) >= 11 is 12.4. The second kappa shape index (κ2) is 6.13. The van der Waals surface area contributed by atoms with Gasteiger partial charge in [-0.3, -0.25) is 4.90 Å². The number of rotatable bonds is 2. The fourth-order valence-corrected chi connectivity index (χ4v) is 4.22. The average Bonchev–Trinajstić information content (AvgIpc) is 2.46. The summed E-state index contributed by atoms with van der Waals surface area (Å²) < 4.78 is 0. The van der Waals surface area contributed by atoms with Crippen molar-refractivity contribution in [2.45, 2.75) is 44.1 Å². The van der Waals surface area contributed by atoms with Crippen LogP contribution in [0.1, 0.15) is 31.7 Å². The van der Waals surface area contributed by atoms with Crippen molar-refractivity contribution in [3.05, 3.63) is 28.8 Å². The van der Waals surface area contributed by atoms with E-state index in [2.05, 4.69) is 22.8 Å². The maximum atomic E-state index is 6.31. The van der Waals surface area contributed by atoms with Gasteiger partial charge in [0.25, 0.3) is 0 Å². The van der Waals surface area contributed by atoms with E-state index in [-0.39, 0.29) is 0 Å². The molecule has 0 spiro atoms. The summed E-state index contributed by atoms with van der Waals surface area (Å²) in [5.41, 5.74) is 2.30. The Hall–Kier alpha value is -0.440. The van der Waals surface area contributed by atoms with Gasteiger partial charge >= 0.3 is 0 Å². The molecule has 2 aliphatic heterocycles. The smallest absolute Gasteiger partial charge is 0.0509 e. The molecule has 0 aromatic heterocycles. The minimum atomic E-state index is 0.479. The predicted octanol–water partition coefficient (Wildman–Crippen LogP) is 4.14. The Morgan fingerprint density at radius 3 is 2.90 bits per heavy atom. The summed E-state index contributed by atoms with van der Waals surface area (Å²) in [6.45, 7) is 5.83. The van der Waals surface area contributed by atoms with Crippen molar-refractivity contribution >= 4 is 28.9 Å². The Kier molecular flexibility index (Phi) is 4.44. The first-order chi connectivity index (χ1) is 9.70. The third-order valence-electron chi connectivity index (χ3n) is 4.72. The average molecular weight is 313 g/mol. The van der Waals surface area contributed by atoms with Gasteiger partial charge in [-0.25, -0.2) is 0 Å². The molecular weight excluding hydrogens is 291 g/mol. The Morgan fingerprint density at radius 2 is 2.10 bits per heavy atom. The molecule has 2 fully saturated rings. The number of hydrogen-bond acceptors (Lipinski definition) is 2. The largest absolute Gasteiger partial charge is 0.366 e. The fraction of sp³-hybridized carbons (Fsp3) is 0.625. The van der Waals surface area contributed by atoms with Gasteiger partial charge in [-0.15, -0.1) is 11.6 Å². The predicted molar refractivity (Wildman–Crippen MR) is 87.0 cm³/mol. The van der Waals surface area contributed by atoms with E-state index in [1.807, 2.05) is 12.1 Å². The van der Waals surface area contributed by atoms with E-state index < -0.39 is 0 Å². The lowest BCUT2D eigenvalue weighted by Gasteiger charge is -2.49. The number of benzene rings is 1. The van der Waals surface area contributed by atoms with Crippen LogP contribution in [0, 0.1) is 0 Å². The molecule has 110 valence electrons.